The van der Waals surface area contributed by atoms with Crippen LogP contribution in [0.15, 0.2) is 24.5 Å². The third-order valence-corrected chi connectivity index (χ3v) is 3.89. The van der Waals surface area contributed by atoms with Gasteiger partial charge in [0.15, 0.2) is 0 Å². The summed E-state index contributed by atoms with van der Waals surface area (Å²) in [5.41, 5.74) is 2.62. The second kappa shape index (κ2) is 6.05. The Balaban J connectivity index is 1.54. The van der Waals surface area contributed by atoms with Gasteiger partial charge in [-0.15, -0.1) is 0 Å². The molecule has 5 nitrogen and oxygen atoms in total. The molecule has 1 aromatic heterocycles. The number of nitrogens with one attached hydrogen (secondary N) is 2. The Morgan fingerprint density at radius 1 is 1.40 bits per heavy atom. The van der Waals surface area contributed by atoms with E-state index >= 15 is 0 Å². The molecule has 3 rings (SSSR count). The van der Waals surface area contributed by atoms with Crippen LogP contribution in [0.4, 0.5) is 0 Å². The predicted molar refractivity (Wildman–Crippen MR) is 76.5 cm³/mol. The Kier molecular flexibility index (Phi) is 3.97. The number of hydrogen-bond acceptors (Lipinski definition) is 4. The molecule has 1 atom stereocenters. The number of aromatic hydroxyl groups is 1. The topological polar surface area (TPSA) is 73.8 Å². The zero-order valence-electron chi connectivity index (χ0n) is 11.5. The van der Waals surface area contributed by atoms with E-state index in [1.54, 1.807) is 12.4 Å². The number of aromatic amines is 1. The summed E-state index contributed by atoms with van der Waals surface area (Å²) in [6, 6.07) is 6.15. The van der Waals surface area contributed by atoms with Crippen molar-refractivity contribution in [1.29, 1.82) is 0 Å². The number of aryl methyl sites for hydroxylation is 2. The van der Waals surface area contributed by atoms with Crippen LogP contribution in [-0.2, 0) is 12.8 Å². The van der Waals surface area contributed by atoms with Crippen molar-refractivity contribution in [3.63, 3.8) is 0 Å². The zero-order chi connectivity index (χ0) is 13.8. The van der Waals surface area contributed by atoms with Crippen molar-refractivity contribution >= 4 is 0 Å². The van der Waals surface area contributed by atoms with Crippen molar-refractivity contribution in [1.82, 2.24) is 20.5 Å². The lowest BCUT2D eigenvalue weighted by Gasteiger charge is -2.26. The van der Waals surface area contributed by atoms with Crippen molar-refractivity contribution in [3.8, 4) is 5.75 Å². The van der Waals surface area contributed by atoms with Gasteiger partial charge in [-0.2, -0.15) is 5.10 Å². The largest absolute Gasteiger partial charge is 0.508 e. The van der Waals surface area contributed by atoms with Crippen LogP contribution in [0.5, 0.6) is 5.75 Å². The summed E-state index contributed by atoms with van der Waals surface area (Å²) in [6.07, 6.45) is 6.92. The van der Waals surface area contributed by atoms with Gasteiger partial charge < -0.3 is 10.4 Å². The normalized spacial score (nSPS) is 17.9. The molecule has 1 unspecified atom stereocenters. The van der Waals surface area contributed by atoms with Crippen LogP contribution in [0.1, 0.15) is 42.3 Å². The molecule has 5 heteroatoms. The van der Waals surface area contributed by atoms with Gasteiger partial charge in [-0.3, -0.25) is 5.10 Å². The molecule has 0 saturated carbocycles. The number of benzene rings is 1. The van der Waals surface area contributed by atoms with Crippen molar-refractivity contribution in [2.45, 2.75) is 38.1 Å². The van der Waals surface area contributed by atoms with Crippen molar-refractivity contribution in [2.75, 3.05) is 6.54 Å². The molecule has 0 spiro atoms. The molecule has 1 heterocycles. The number of aromatic nitrogens is 3. The standard InChI is InChI=1S/C15H20N4O/c20-12-6-7-13-11(9-12)3-1-4-14(13)16-8-2-5-15-17-10-18-19-15/h6-7,9-10,14,16,20H,1-5,8H2,(H,17,18,19). The minimum Gasteiger partial charge on any atom is -0.508 e. The first kappa shape index (κ1) is 13.1. The average Bonchev–Trinajstić information content (AvgIpc) is 2.96. The van der Waals surface area contributed by atoms with Gasteiger partial charge in [0.05, 0.1) is 0 Å². The Bertz CT molecular complexity index is 553. The highest BCUT2D eigenvalue weighted by Crippen LogP contribution is 2.31. The lowest BCUT2D eigenvalue weighted by atomic mass is 9.87. The molecule has 0 saturated heterocycles. The molecule has 2 aromatic rings. The maximum atomic E-state index is 9.56. The van der Waals surface area contributed by atoms with Gasteiger partial charge in [0.2, 0.25) is 0 Å². The van der Waals surface area contributed by atoms with E-state index in [0.29, 0.717) is 11.8 Å². The van der Waals surface area contributed by atoms with E-state index in [-0.39, 0.29) is 0 Å². The maximum Gasteiger partial charge on any atom is 0.137 e. The molecular formula is C15H20N4O. The Hall–Kier alpha value is -1.88. The number of rotatable bonds is 5. The number of fused-ring (bicyclic) bond motifs is 1. The van der Waals surface area contributed by atoms with Gasteiger partial charge in [0.1, 0.15) is 17.9 Å². The van der Waals surface area contributed by atoms with Crippen LogP contribution in [-0.4, -0.2) is 26.8 Å². The molecule has 3 N–H and O–H groups in total. The third kappa shape index (κ3) is 2.99. The van der Waals surface area contributed by atoms with Gasteiger partial charge in [0.25, 0.3) is 0 Å². The van der Waals surface area contributed by atoms with Gasteiger partial charge >= 0.3 is 0 Å². The molecule has 0 aliphatic heterocycles. The fourth-order valence-electron chi connectivity index (χ4n) is 2.90. The fourth-order valence-corrected chi connectivity index (χ4v) is 2.90. The van der Waals surface area contributed by atoms with Gasteiger partial charge in [-0.05, 0) is 55.5 Å². The van der Waals surface area contributed by atoms with Crippen molar-refractivity contribution in [2.24, 2.45) is 0 Å². The van der Waals surface area contributed by atoms with E-state index in [4.69, 9.17) is 0 Å². The summed E-state index contributed by atoms with van der Waals surface area (Å²) in [6.45, 7) is 0.964. The number of nitrogens with zero attached hydrogens (tertiary/aromatic N) is 2. The van der Waals surface area contributed by atoms with E-state index in [9.17, 15) is 5.11 Å². The SMILES string of the molecule is Oc1ccc2c(c1)CCCC2NCCCc1ncn[nH]1. The molecule has 0 amide bonds. The molecule has 0 bridgehead atoms. The monoisotopic (exact) mass is 272 g/mol. The van der Waals surface area contributed by atoms with Crippen LogP contribution in [0.3, 0.4) is 0 Å². The molecule has 0 fully saturated rings. The lowest BCUT2D eigenvalue weighted by molar-refractivity contribution is 0.447. The van der Waals surface area contributed by atoms with E-state index in [1.807, 2.05) is 6.07 Å². The lowest BCUT2D eigenvalue weighted by Crippen LogP contribution is -2.26. The molecule has 0 radical (unpaired) electrons. The highest BCUT2D eigenvalue weighted by atomic mass is 16.3. The van der Waals surface area contributed by atoms with Crippen molar-refractivity contribution < 1.29 is 5.11 Å². The first-order valence-corrected chi connectivity index (χ1v) is 7.22. The van der Waals surface area contributed by atoms with E-state index in [0.717, 1.165) is 31.6 Å². The number of hydrogen-bond donors (Lipinski definition) is 3. The summed E-state index contributed by atoms with van der Waals surface area (Å²) >= 11 is 0. The molecule has 20 heavy (non-hydrogen) atoms. The quantitative estimate of drug-likeness (QED) is 0.729. The fraction of sp³-hybridized carbons (Fsp3) is 0.467. The highest BCUT2D eigenvalue weighted by molar-refractivity contribution is 5.38. The highest BCUT2D eigenvalue weighted by Gasteiger charge is 2.19. The summed E-state index contributed by atoms with van der Waals surface area (Å²) in [7, 11) is 0. The number of phenolic OH excluding ortho intramolecular Hbond substituents is 1. The summed E-state index contributed by atoms with van der Waals surface area (Å²) in [4.78, 5) is 4.12. The minimum atomic E-state index is 0.370. The second-order valence-corrected chi connectivity index (χ2v) is 5.32. The number of phenols is 1. The molecular weight excluding hydrogens is 252 g/mol. The third-order valence-electron chi connectivity index (χ3n) is 3.89. The van der Waals surface area contributed by atoms with Crippen LogP contribution < -0.4 is 5.32 Å². The van der Waals surface area contributed by atoms with E-state index < -0.39 is 0 Å². The molecule has 1 aromatic carbocycles. The summed E-state index contributed by atoms with van der Waals surface area (Å²) < 4.78 is 0. The second-order valence-electron chi connectivity index (χ2n) is 5.32. The van der Waals surface area contributed by atoms with Crippen molar-refractivity contribution in [3.05, 3.63) is 41.5 Å². The first-order chi connectivity index (χ1) is 9.83. The number of H-pyrrole nitrogens is 1. The maximum absolute atomic E-state index is 9.56. The van der Waals surface area contributed by atoms with Gasteiger partial charge in [-0.25, -0.2) is 4.98 Å². The van der Waals surface area contributed by atoms with Crippen LogP contribution in [0.25, 0.3) is 0 Å². The molecule has 1 aliphatic rings. The Labute approximate surface area is 118 Å². The van der Waals surface area contributed by atoms with Gasteiger partial charge in [0, 0.05) is 12.5 Å². The minimum absolute atomic E-state index is 0.370. The zero-order valence-corrected chi connectivity index (χ0v) is 11.5. The van der Waals surface area contributed by atoms with Gasteiger partial charge in [-0.1, -0.05) is 6.07 Å². The predicted octanol–water partition coefficient (Wildman–Crippen LogP) is 2.11. The smallest absolute Gasteiger partial charge is 0.137 e. The van der Waals surface area contributed by atoms with Crippen LogP contribution in [0.2, 0.25) is 0 Å². The average molecular weight is 272 g/mol. The first-order valence-electron chi connectivity index (χ1n) is 7.22. The van der Waals surface area contributed by atoms with Crippen LogP contribution in [0, 0.1) is 0 Å². The Morgan fingerprint density at radius 3 is 3.20 bits per heavy atom. The van der Waals surface area contributed by atoms with E-state index in [1.165, 1.54) is 24.0 Å². The summed E-state index contributed by atoms with van der Waals surface area (Å²) in [5.74, 6) is 1.32. The van der Waals surface area contributed by atoms with Crippen LogP contribution >= 0.6 is 0 Å². The Morgan fingerprint density at radius 2 is 2.35 bits per heavy atom. The summed E-state index contributed by atoms with van der Waals surface area (Å²) in [5, 5.41) is 19.9. The molecule has 1 aliphatic carbocycles. The van der Waals surface area contributed by atoms with E-state index in [2.05, 4.69) is 26.6 Å². The molecule has 106 valence electrons.